The molecule has 3 aromatic rings. The van der Waals surface area contributed by atoms with Crippen LogP contribution in [0.3, 0.4) is 0 Å². The summed E-state index contributed by atoms with van der Waals surface area (Å²) in [5.41, 5.74) is 1.72. The van der Waals surface area contributed by atoms with Gasteiger partial charge in [-0.2, -0.15) is 0 Å². The number of benzene rings is 2. The zero-order valence-electron chi connectivity index (χ0n) is 15.5. The van der Waals surface area contributed by atoms with E-state index in [-0.39, 0.29) is 23.6 Å². The second kappa shape index (κ2) is 8.39. The lowest BCUT2D eigenvalue weighted by Crippen LogP contribution is -2.22. The van der Waals surface area contributed by atoms with Gasteiger partial charge in [-0.1, -0.05) is 30.3 Å². The van der Waals surface area contributed by atoms with E-state index in [1.54, 1.807) is 44.2 Å². The zero-order chi connectivity index (χ0) is 20.1. The van der Waals surface area contributed by atoms with Gasteiger partial charge in [-0.05, 0) is 32.0 Å². The second-order valence-corrected chi connectivity index (χ2v) is 5.94. The van der Waals surface area contributed by atoms with Crippen molar-refractivity contribution in [3.05, 3.63) is 65.4 Å². The van der Waals surface area contributed by atoms with Crippen LogP contribution in [0, 0.1) is 6.92 Å². The number of esters is 2. The SMILES string of the molecule is CCOC(=O)c1ccccc1NC(=O)COC(=O)c1oc2ccccc2c1C. The van der Waals surface area contributed by atoms with Crippen LogP contribution in [-0.4, -0.2) is 31.1 Å². The third-order valence-electron chi connectivity index (χ3n) is 4.06. The Balaban J connectivity index is 1.65. The first kappa shape index (κ1) is 19.2. The highest BCUT2D eigenvalue weighted by Gasteiger charge is 2.20. The number of aryl methyl sites for hydroxylation is 1. The third kappa shape index (κ3) is 4.03. The van der Waals surface area contributed by atoms with Gasteiger partial charge in [0.05, 0.1) is 17.9 Å². The average Bonchev–Trinajstić information content (AvgIpc) is 3.04. The summed E-state index contributed by atoms with van der Waals surface area (Å²) in [5.74, 6) is -1.81. The van der Waals surface area contributed by atoms with E-state index in [0.717, 1.165) is 5.39 Å². The fourth-order valence-electron chi connectivity index (χ4n) is 2.73. The van der Waals surface area contributed by atoms with Crippen molar-refractivity contribution in [2.45, 2.75) is 13.8 Å². The molecule has 144 valence electrons. The molecule has 0 spiro atoms. The van der Waals surface area contributed by atoms with Crippen molar-refractivity contribution in [3.8, 4) is 0 Å². The van der Waals surface area contributed by atoms with Crippen LogP contribution < -0.4 is 5.32 Å². The number of ether oxygens (including phenoxy) is 2. The molecule has 7 nitrogen and oxygen atoms in total. The number of hydrogen-bond acceptors (Lipinski definition) is 6. The Labute approximate surface area is 161 Å². The van der Waals surface area contributed by atoms with Crippen molar-refractivity contribution in [1.29, 1.82) is 0 Å². The summed E-state index contributed by atoms with van der Waals surface area (Å²) in [6.45, 7) is 3.14. The van der Waals surface area contributed by atoms with Crippen LogP contribution in [0.4, 0.5) is 5.69 Å². The lowest BCUT2D eigenvalue weighted by molar-refractivity contribution is -0.119. The number of hydrogen-bond donors (Lipinski definition) is 1. The molecule has 1 aromatic heterocycles. The van der Waals surface area contributed by atoms with Crippen LogP contribution in [0.2, 0.25) is 0 Å². The summed E-state index contributed by atoms with van der Waals surface area (Å²) in [6.07, 6.45) is 0. The fraction of sp³-hybridized carbons (Fsp3) is 0.190. The van der Waals surface area contributed by atoms with Crippen molar-refractivity contribution in [3.63, 3.8) is 0 Å². The minimum Gasteiger partial charge on any atom is -0.462 e. The molecule has 0 saturated heterocycles. The molecule has 0 aliphatic carbocycles. The summed E-state index contributed by atoms with van der Waals surface area (Å²) in [6, 6.07) is 13.7. The Morgan fingerprint density at radius 3 is 2.43 bits per heavy atom. The highest BCUT2D eigenvalue weighted by molar-refractivity contribution is 6.02. The number of rotatable bonds is 6. The first-order valence-electron chi connectivity index (χ1n) is 8.72. The van der Waals surface area contributed by atoms with E-state index in [1.165, 1.54) is 6.07 Å². The van der Waals surface area contributed by atoms with Crippen molar-refractivity contribution in [1.82, 2.24) is 0 Å². The Hall–Kier alpha value is -3.61. The van der Waals surface area contributed by atoms with Crippen molar-refractivity contribution >= 4 is 34.5 Å². The highest BCUT2D eigenvalue weighted by atomic mass is 16.5. The van der Waals surface area contributed by atoms with E-state index < -0.39 is 24.5 Å². The molecule has 0 unspecified atom stereocenters. The second-order valence-electron chi connectivity index (χ2n) is 5.94. The quantitative estimate of drug-likeness (QED) is 0.654. The molecule has 28 heavy (non-hydrogen) atoms. The molecule has 2 aromatic carbocycles. The maximum absolute atomic E-state index is 12.3. The van der Waals surface area contributed by atoms with Gasteiger partial charge in [0, 0.05) is 10.9 Å². The number of carbonyl (C=O) groups excluding carboxylic acids is 3. The van der Waals surface area contributed by atoms with E-state index in [1.807, 2.05) is 12.1 Å². The number of carbonyl (C=O) groups is 3. The highest BCUT2D eigenvalue weighted by Crippen LogP contribution is 2.25. The summed E-state index contributed by atoms with van der Waals surface area (Å²) >= 11 is 0. The van der Waals surface area contributed by atoms with Gasteiger partial charge >= 0.3 is 11.9 Å². The molecular weight excluding hydrogens is 362 g/mol. The number of para-hydroxylation sites is 2. The Morgan fingerprint density at radius 2 is 1.68 bits per heavy atom. The molecule has 0 radical (unpaired) electrons. The normalized spacial score (nSPS) is 10.5. The molecular formula is C21H19NO6. The Kier molecular flexibility index (Phi) is 5.74. The van der Waals surface area contributed by atoms with Crippen LogP contribution in [0.1, 0.15) is 33.4 Å². The van der Waals surface area contributed by atoms with Gasteiger partial charge in [-0.15, -0.1) is 0 Å². The van der Waals surface area contributed by atoms with Gasteiger partial charge in [0.2, 0.25) is 5.76 Å². The maximum atomic E-state index is 12.3. The molecule has 0 aliphatic rings. The topological polar surface area (TPSA) is 94.8 Å². The maximum Gasteiger partial charge on any atom is 0.375 e. The van der Waals surface area contributed by atoms with Crippen LogP contribution in [0.15, 0.2) is 52.9 Å². The lowest BCUT2D eigenvalue weighted by Gasteiger charge is -2.10. The molecule has 0 bridgehead atoms. The molecule has 0 atom stereocenters. The molecule has 1 heterocycles. The summed E-state index contributed by atoms with van der Waals surface area (Å²) in [7, 11) is 0. The van der Waals surface area contributed by atoms with Crippen molar-refractivity contribution in [2.24, 2.45) is 0 Å². The molecule has 0 aliphatic heterocycles. The first-order chi connectivity index (χ1) is 13.5. The Morgan fingerprint density at radius 1 is 0.964 bits per heavy atom. The predicted octanol–water partition coefficient (Wildman–Crippen LogP) is 3.71. The van der Waals surface area contributed by atoms with Crippen molar-refractivity contribution in [2.75, 3.05) is 18.5 Å². The predicted molar refractivity (Wildman–Crippen MR) is 102 cm³/mol. The van der Waals surface area contributed by atoms with Gasteiger partial charge in [-0.3, -0.25) is 4.79 Å². The van der Waals surface area contributed by atoms with E-state index in [2.05, 4.69) is 5.32 Å². The minimum atomic E-state index is -0.734. The number of fused-ring (bicyclic) bond motifs is 1. The van der Waals surface area contributed by atoms with Crippen LogP contribution in [0.25, 0.3) is 11.0 Å². The molecule has 0 saturated carbocycles. The van der Waals surface area contributed by atoms with Gasteiger partial charge in [0.15, 0.2) is 6.61 Å². The Bertz CT molecular complexity index is 1040. The van der Waals surface area contributed by atoms with E-state index in [0.29, 0.717) is 11.1 Å². The van der Waals surface area contributed by atoms with Gasteiger partial charge < -0.3 is 19.2 Å². The molecule has 0 fully saturated rings. The standard InChI is InChI=1S/C21H19NO6/c1-3-26-20(24)15-9-4-6-10-16(15)22-18(23)12-27-21(25)19-13(2)14-8-5-7-11-17(14)28-19/h4-11H,3,12H2,1-2H3,(H,22,23). The summed E-state index contributed by atoms with van der Waals surface area (Å²) < 4.78 is 15.5. The molecule has 1 N–H and O–H groups in total. The van der Waals surface area contributed by atoms with Gasteiger partial charge in [0.25, 0.3) is 5.91 Å². The largest absolute Gasteiger partial charge is 0.462 e. The van der Waals surface area contributed by atoms with Gasteiger partial charge in [-0.25, -0.2) is 9.59 Å². The number of furan rings is 1. The minimum absolute atomic E-state index is 0.0564. The van der Waals surface area contributed by atoms with E-state index in [9.17, 15) is 14.4 Å². The van der Waals surface area contributed by atoms with Crippen LogP contribution >= 0.6 is 0 Å². The molecule has 7 heteroatoms. The van der Waals surface area contributed by atoms with Crippen molar-refractivity contribution < 1.29 is 28.3 Å². The fourth-order valence-corrected chi connectivity index (χ4v) is 2.73. The van der Waals surface area contributed by atoms with Crippen LogP contribution in [0.5, 0.6) is 0 Å². The lowest BCUT2D eigenvalue weighted by atomic mass is 10.1. The van der Waals surface area contributed by atoms with E-state index in [4.69, 9.17) is 13.9 Å². The zero-order valence-corrected chi connectivity index (χ0v) is 15.5. The number of nitrogens with one attached hydrogen (secondary N) is 1. The van der Waals surface area contributed by atoms with Crippen LogP contribution in [-0.2, 0) is 14.3 Å². The monoisotopic (exact) mass is 381 g/mol. The van der Waals surface area contributed by atoms with E-state index >= 15 is 0 Å². The molecule has 1 amide bonds. The third-order valence-corrected chi connectivity index (χ3v) is 4.06. The summed E-state index contributed by atoms with van der Waals surface area (Å²) in [4.78, 5) is 36.4. The van der Waals surface area contributed by atoms with Gasteiger partial charge in [0.1, 0.15) is 5.58 Å². The summed E-state index contributed by atoms with van der Waals surface area (Å²) in [5, 5.41) is 3.36. The average molecular weight is 381 g/mol. The molecule has 3 rings (SSSR count). The first-order valence-corrected chi connectivity index (χ1v) is 8.72. The smallest absolute Gasteiger partial charge is 0.375 e. The number of amides is 1. The number of anilines is 1.